The van der Waals surface area contributed by atoms with Crippen LogP contribution in [0.25, 0.3) is 0 Å². The van der Waals surface area contributed by atoms with E-state index in [1.807, 2.05) is 18.4 Å². The number of likely N-dealkylation sites (N-methyl/N-ethyl adjacent to an activating group) is 1. The number of methoxy groups -OCH3 is 2. The maximum atomic E-state index is 14.1. The lowest BCUT2D eigenvalue weighted by Gasteiger charge is -2.42. The number of aliphatic hydroxyl groups is 1. The maximum Gasteiger partial charge on any atom is 0.409 e. The minimum absolute atomic E-state index is 0.0867. The van der Waals surface area contributed by atoms with E-state index in [4.69, 9.17) is 45.9 Å². The van der Waals surface area contributed by atoms with Crippen LogP contribution in [0.1, 0.15) is 46.1 Å². The fourth-order valence-electron chi connectivity index (χ4n) is 6.59. The number of hydrazine groups is 1. The summed E-state index contributed by atoms with van der Waals surface area (Å²) in [6.45, 7) is 5.77. The van der Waals surface area contributed by atoms with Crippen LogP contribution in [0.5, 0.6) is 5.75 Å². The Morgan fingerprint density at radius 3 is 2.59 bits per heavy atom. The summed E-state index contributed by atoms with van der Waals surface area (Å²) in [6, 6.07) is 2.37. The molecule has 0 aromatic heterocycles. The molecule has 17 nitrogen and oxygen atoms in total. The van der Waals surface area contributed by atoms with Crippen molar-refractivity contribution in [3.63, 3.8) is 0 Å². The first kappa shape index (κ1) is 42.5. The van der Waals surface area contributed by atoms with Gasteiger partial charge in [0.05, 0.1) is 25.3 Å². The van der Waals surface area contributed by atoms with Crippen molar-refractivity contribution in [2.75, 3.05) is 46.4 Å². The molecule has 0 radical (unpaired) electrons. The molecule has 4 rings (SSSR count). The normalized spacial score (nSPS) is 30.7. The Hall–Kier alpha value is -4.26. The van der Waals surface area contributed by atoms with Gasteiger partial charge in [0, 0.05) is 33.5 Å². The number of carbonyl (C=O) groups excluding carboxylic acids is 5. The number of nitrogens with zero attached hydrogens (tertiary/aromatic N) is 2. The largest absolute Gasteiger partial charge is 0.495 e. The molecule has 0 saturated carbocycles. The highest BCUT2D eigenvalue weighted by Gasteiger charge is 2.64. The predicted molar refractivity (Wildman–Crippen MR) is 194 cm³/mol. The van der Waals surface area contributed by atoms with Crippen LogP contribution >= 0.6 is 11.6 Å². The summed E-state index contributed by atoms with van der Waals surface area (Å²) in [6.07, 6.45) is 0.500. The van der Waals surface area contributed by atoms with Gasteiger partial charge in [-0.3, -0.25) is 25.1 Å². The molecule has 3 aliphatic rings. The van der Waals surface area contributed by atoms with Gasteiger partial charge < -0.3 is 43.3 Å². The van der Waals surface area contributed by atoms with Crippen molar-refractivity contribution in [1.82, 2.24) is 15.6 Å². The lowest BCUT2D eigenvalue weighted by molar-refractivity contribution is -0.163. The number of anilines is 1. The smallest absolute Gasteiger partial charge is 0.409 e. The SMILES string of the molecule is COc1cc2cc(c1Cl)N(C)C(=O)C[C@H](OC(=O)C(C)N(C)C(=O)COCC(=O)NN)[C@]1(C)O[C@H]1[C@H](C)[C@@H]1C[C@@](O)(NC(=O)O1)[C@H](OC)/C=C/C=C(\C)C2. The highest BCUT2D eigenvalue weighted by molar-refractivity contribution is 6.35. The molecule has 18 heteroatoms. The molecule has 0 spiro atoms. The fraction of sp³-hybridized carbons (Fsp3) is 0.583. The lowest BCUT2D eigenvalue weighted by atomic mass is 9.83. The van der Waals surface area contributed by atoms with Gasteiger partial charge in [0.2, 0.25) is 11.8 Å². The third kappa shape index (κ3) is 9.51. The number of fused-ring (bicyclic) bond motifs is 5. The number of nitrogens with one attached hydrogen (secondary N) is 2. The summed E-state index contributed by atoms with van der Waals surface area (Å²) >= 11 is 6.73. The zero-order chi connectivity index (χ0) is 40.1. The van der Waals surface area contributed by atoms with Crippen molar-refractivity contribution in [1.29, 1.82) is 0 Å². The maximum absolute atomic E-state index is 14.1. The van der Waals surface area contributed by atoms with Gasteiger partial charge in [-0.25, -0.2) is 15.4 Å². The van der Waals surface area contributed by atoms with Crippen molar-refractivity contribution < 1.29 is 57.5 Å². The minimum atomic E-state index is -1.86. The predicted octanol–water partition coefficient (Wildman–Crippen LogP) is 1.52. The molecule has 0 aliphatic carbocycles. The Morgan fingerprint density at radius 2 is 1.94 bits per heavy atom. The number of hydrogen-bond donors (Lipinski definition) is 4. The van der Waals surface area contributed by atoms with E-state index in [1.165, 1.54) is 40.1 Å². The number of epoxide rings is 1. The zero-order valence-electron chi connectivity index (χ0n) is 31.7. The van der Waals surface area contributed by atoms with Crippen LogP contribution < -0.4 is 26.2 Å². The molecule has 298 valence electrons. The Morgan fingerprint density at radius 1 is 1.24 bits per heavy atom. The Balaban J connectivity index is 1.71. The molecule has 2 fully saturated rings. The fourth-order valence-corrected chi connectivity index (χ4v) is 6.91. The van der Waals surface area contributed by atoms with Crippen LogP contribution in [-0.2, 0) is 49.3 Å². The molecule has 5 N–H and O–H groups in total. The first-order valence-electron chi connectivity index (χ1n) is 17.3. The highest BCUT2D eigenvalue weighted by atomic mass is 35.5. The first-order chi connectivity index (χ1) is 25.4. The Bertz CT molecular complexity index is 1670. The van der Waals surface area contributed by atoms with Gasteiger partial charge in [0.25, 0.3) is 5.91 Å². The van der Waals surface area contributed by atoms with Crippen LogP contribution in [0.2, 0.25) is 5.02 Å². The van der Waals surface area contributed by atoms with E-state index < -0.39 is 90.7 Å². The molecular formula is C36H50ClN5O12. The number of allylic oxidation sites excluding steroid dienone is 3. The number of nitrogens with two attached hydrogens (primary N) is 1. The van der Waals surface area contributed by atoms with Crippen LogP contribution in [0, 0.1) is 5.92 Å². The number of esters is 1. The molecule has 54 heavy (non-hydrogen) atoms. The first-order valence-corrected chi connectivity index (χ1v) is 17.7. The van der Waals surface area contributed by atoms with Gasteiger partial charge in [-0.15, -0.1) is 0 Å². The van der Waals surface area contributed by atoms with Crippen molar-refractivity contribution in [2.45, 2.75) is 88.7 Å². The van der Waals surface area contributed by atoms with Gasteiger partial charge in [0.15, 0.2) is 5.72 Å². The summed E-state index contributed by atoms with van der Waals surface area (Å²) in [4.78, 5) is 67.2. The second-order valence-corrected chi connectivity index (χ2v) is 14.3. The molecule has 4 amide bonds. The van der Waals surface area contributed by atoms with Crippen LogP contribution in [0.4, 0.5) is 10.5 Å². The van der Waals surface area contributed by atoms with Gasteiger partial charge in [-0.1, -0.05) is 42.3 Å². The van der Waals surface area contributed by atoms with Crippen LogP contribution in [0.15, 0.2) is 35.9 Å². The molecule has 4 bridgehead atoms. The van der Waals surface area contributed by atoms with Crippen molar-refractivity contribution >= 4 is 47.1 Å². The van der Waals surface area contributed by atoms with Crippen molar-refractivity contribution in [3.05, 3.63) is 46.5 Å². The number of alkyl carbamates (subject to hydrolysis) is 1. The second kappa shape index (κ2) is 17.5. The summed E-state index contributed by atoms with van der Waals surface area (Å²) < 4.78 is 34.1. The number of ether oxygens (including phenoxy) is 6. The van der Waals surface area contributed by atoms with E-state index in [2.05, 4.69) is 5.32 Å². The minimum Gasteiger partial charge on any atom is -0.495 e. The third-order valence-corrected chi connectivity index (χ3v) is 10.5. The third-order valence-electron chi connectivity index (χ3n) is 10.1. The quantitative estimate of drug-likeness (QED) is 0.0920. The number of halogens is 1. The summed E-state index contributed by atoms with van der Waals surface area (Å²) in [5.41, 5.74) is 0.773. The van der Waals surface area contributed by atoms with E-state index in [0.29, 0.717) is 17.9 Å². The molecular weight excluding hydrogens is 730 g/mol. The molecule has 8 atom stereocenters. The van der Waals surface area contributed by atoms with E-state index in [0.717, 1.165) is 16.0 Å². The van der Waals surface area contributed by atoms with Crippen molar-refractivity contribution in [2.24, 2.45) is 11.8 Å². The summed E-state index contributed by atoms with van der Waals surface area (Å²) in [7, 11) is 5.77. The zero-order valence-corrected chi connectivity index (χ0v) is 32.4. The summed E-state index contributed by atoms with van der Waals surface area (Å²) in [5, 5.41) is 14.4. The Labute approximate surface area is 318 Å². The highest BCUT2D eigenvalue weighted by Crippen LogP contribution is 2.49. The van der Waals surface area contributed by atoms with Gasteiger partial charge >= 0.3 is 12.1 Å². The van der Waals surface area contributed by atoms with E-state index in [-0.39, 0.29) is 17.9 Å². The summed E-state index contributed by atoms with van der Waals surface area (Å²) in [5.74, 6) is 2.19. The topological polar surface area (TPSA) is 221 Å². The molecule has 1 aromatic carbocycles. The van der Waals surface area contributed by atoms with E-state index in [1.54, 1.807) is 38.1 Å². The number of amides is 4. The molecule has 3 aliphatic heterocycles. The molecule has 3 heterocycles. The van der Waals surface area contributed by atoms with Crippen LogP contribution in [-0.4, -0.2) is 123 Å². The lowest BCUT2D eigenvalue weighted by Crippen LogP contribution is -2.63. The van der Waals surface area contributed by atoms with E-state index >= 15 is 0 Å². The standard InChI is InChI=1S/C36H50ClN5O12/c1-19-10-9-11-26(50-8)36(48)16-25(52-34(47)39-36)20(2)32-35(4,54-32)27(53-33(46)21(3)41(5)30(45)18-51-17-28(43)40-38)15-29(44)42(6)23-13-22(12-19)14-24(49-7)31(23)37/h9-11,13-14,20-21,25-27,32,48H,12,15-18,38H2,1-8H3,(H,39,47)(H,40,43)/b11-9+,19-10+/t20-,21?,25+,26-,27+,32+,35+,36+/m1/s1. The van der Waals surface area contributed by atoms with Gasteiger partial charge in [-0.2, -0.15) is 0 Å². The number of hydrogen-bond acceptors (Lipinski definition) is 13. The number of benzene rings is 1. The molecule has 1 unspecified atom stereocenters. The van der Waals surface area contributed by atoms with Crippen LogP contribution in [0.3, 0.4) is 0 Å². The average molecular weight is 780 g/mol. The molecule has 1 aromatic rings. The Kier molecular flexibility index (Phi) is 13.7. The van der Waals surface area contributed by atoms with Crippen molar-refractivity contribution in [3.8, 4) is 5.75 Å². The number of carbonyl (C=O) groups is 5. The number of rotatable bonds is 9. The van der Waals surface area contributed by atoms with Gasteiger partial charge in [-0.05, 0) is 44.9 Å². The second-order valence-electron chi connectivity index (χ2n) is 14.0. The average Bonchev–Trinajstić information content (AvgIpc) is 3.83. The van der Waals surface area contributed by atoms with E-state index in [9.17, 15) is 29.1 Å². The molecule has 2 saturated heterocycles. The van der Waals surface area contributed by atoms with Gasteiger partial charge in [0.1, 0.15) is 53.9 Å². The monoisotopic (exact) mass is 779 g/mol.